The van der Waals surface area contributed by atoms with Crippen molar-refractivity contribution in [1.82, 2.24) is 10.2 Å². The summed E-state index contributed by atoms with van der Waals surface area (Å²) >= 11 is 0. The zero-order valence-electron chi connectivity index (χ0n) is 14.0. The summed E-state index contributed by atoms with van der Waals surface area (Å²) in [7, 11) is 2.38. The van der Waals surface area contributed by atoms with Crippen molar-refractivity contribution >= 4 is 0 Å². The van der Waals surface area contributed by atoms with Gasteiger partial charge in [0.05, 0.1) is 0 Å². The molecule has 20 heavy (non-hydrogen) atoms. The number of rotatable bonds is 7. The first-order valence-corrected chi connectivity index (χ1v) is 9.18. The van der Waals surface area contributed by atoms with Crippen LogP contribution in [0.3, 0.4) is 0 Å². The highest BCUT2D eigenvalue weighted by Gasteiger charge is 2.31. The number of hydrogen-bond acceptors (Lipinski definition) is 2. The second-order valence-electron chi connectivity index (χ2n) is 7.29. The second-order valence-corrected chi connectivity index (χ2v) is 7.29. The van der Waals surface area contributed by atoms with E-state index in [4.69, 9.17) is 0 Å². The van der Waals surface area contributed by atoms with Crippen molar-refractivity contribution < 1.29 is 0 Å². The summed E-state index contributed by atoms with van der Waals surface area (Å²) < 4.78 is 0. The van der Waals surface area contributed by atoms with Gasteiger partial charge in [0.15, 0.2) is 0 Å². The molecule has 0 heterocycles. The minimum Gasteiger partial charge on any atom is -0.314 e. The number of nitrogens with zero attached hydrogens (tertiary/aromatic N) is 1. The molecule has 118 valence electrons. The molecular formula is C18H36N2. The predicted octanol–water partition coefficient (Wildman–Crippen LogP) is 4.06. The minimum atomic E-state index is 0.779. The summed E-state index contributed by atoms with van der Waals surface area (Å²) in [6, 6.07) is 1.66. The maximum atomic E-state index is 3.84. The molecule has 2 heteroatoms. The van der Waals surface area contributed by atoms with E-state index in [2.05, 4.69) is 31.1 Å². The number of nitrogens with one attached hydrogen (secondary N) is 1. The smallest absolute Gasteiger partial charge is 0.0108 e. The third kappa shape index (κ3) is 4.46. The Labute approximate surface area is 126 Å². The Balaban J connectivity index is 1.87. The summed E-state index contributed by atoms with van der Waals surface area (Å²) in [5.74, 6) is 1.86. The molecule has 2 aliphatic carbocycles. The maximum absolute atomic E-state index is 3.84. The molecule has 2 fully saturated rings. The molecule has 0 aromatic carbocycles. The Morgan fingerprint density at radius 2 is 1.80 bits per heavy atom. The highest BCUT2D eigenvalue weighted by molar-refractivity contribution is 4.87. The van der Waals surface area contributed by atoms with Gasteiger partial charge in [-0.3, -0.25) is 0 Å². The van der Waals surface area contributed by atoms with Crippen LogP contribution in [0.15, 0.2) is 0 Å². The van der Waals surface area contributed by atoms with Gasteiger partial charge in [-0.2, -0.15) is 0 Å². The molecule has 1 N–H and O–H groups in total. The van der Waals surface area contributed by atoms with Crippen LogP contribution in [0.25, 0.3) is 0 Å². The van der Waals surface area contributed by atoms with Gasteiger partial charge in [-0.25, -0.2) is 0 Å². The zero-order chi connectivity index (χ0) is 14.4. The average Bonchev–Trinajstić information content (AvgIpc) is 3.00. The largest absolute Gasteiger partial charge is 0.314 e. The Kier molecular flexibility index (Phi) is 6.83. The van der Waals surface area contributed by atoms with E-state index >= 15 is 0 Å². The third-order valence-corrected chi connectivity index (χ3v) is 5.80. The van der Waals surface area contributed by atoms with E-state index in [1.807, 2.05) is 0 Å². The molecule has 0 aromatic heterocycles. The standard InChI is InChI=1S/C18H36N2/c1-4-12-19-18-11-10-15(5-2)13-16(18)14-20(3)17-8-6-7-9-17/h15-19H,4-14H2,1-3H3. The highest BCUT2D eigenvalue weighted by Crippen LogP contribution is 2.33. The van der Waals surface area contributed by atoms with E-state index in [0.29, 0.717) is 0 Å². The molecule has 0 aliphatic heterocycles. The SMILES string of the molecule is CCCNC1CCC(CC)CC1CN(C)C1CCCC1. The van der Waals surface area contributed by atoms with Crippen LogP contribution < -0.4 is 5.32 Å². The fourth-order valence-electron chi connectivity index (χ4n) is 4.40. The van der Waals surface area contributed by atoms with Crippen LogP contribution in [0, 0.1) is 11.8 Å². The molecule has 2 nitrogen and oxygen atoms in total. The van der Waals surface area contributed by atoms with Gasteiger partial charge in [-0.05, 0) is 64.0 Å². The Morgan fingerprint density at radius 1 is 1.05 bits per heavy atom. The van der Waals surface area contributed by atoms with E-state index in [9.17, 15) is 0 Å². The Bertz CT molecular complexity index is 260. The normalized spacial score (nSPS) is 32.1. The van der Waals surface area contributed by atoms with Crippen LogP contribution in [-0.4, -0.2) is 37.1 Å². The molecule has 2 rings (SSSR count). The van der Waals surface area contributed by atoms with E-state index in [1.54, 1.807) is 0 Å². The van der Waals surface area contributed by atoms with Gasteiger partial charge in [0.25, 0.3) is 0 Å². The van der Waals surface area contributed by atoms with E-state index in [0.717, 1.165) is 23.9 Å². The van der Waals surface area contributed by atoms with Gasteiger partial charge in [-0.15, -0.1) is 0 Å². The minimum absolute atomic E-state index is 0.779. The quantitative estimate of drug-likeness (QED) is 0.756. The summed E-state index contributed by atoms with van der Waals surface area (Å²) in [4.78, 5) is 2.69. The van der Waals surface area contributed by atoms with Crippen LogP contribution in [-0.2, 0) is 0 Å². The van der Waals surface area contributed by atoms with Gasteiger partial charge < -0.3 is 10.2 Å². The van der Waals surface area contributed by atoms with Crippen LogP contribution in [0.2, 0.25) is 0 Å². The third-order valence-electron chi connectivity index (χ3n) is 5.80. The average molecular weight is 280 g/mol. The monoisotopic (exact) mass is 280 g/mol. The molecule has 0 amide bonds. The lowest BCUT2D eigenvalue weighted by Gasteiger charge is -2.40. The lowest BCUT2D eigenvalue weighted by atomic mass is 9.76. The fraction of sp³-hybridized carbons (Fsp3) is 1.00. The first-order valence-electron chi connectivity index (χ1n) is 9.18. The van der Waals surface area contributed by atoms with Crippen molar-refractivity contribution in [1.29, 1.82) is 0 Å². The molecule has 3 atom stereocenters. The first kappa shape index (κ1) is 16.3. The van der Waals surface area contributed by atoms with Crippen LogP contribution in [0.4, 0.5) is 0 Å². The summed E-state index contributed by atoms with van der Waals surface area (Å²) in [5, 5.41) is 3.84. The Morgan fingerprint density at radius 3 is 2.45 bits per heavy atom. The Hall–Kier alpha value is -0.0800. The number of hydrogen-bond donors (Lipinski definition) is 1. The van der Waals surface area contributed by atoms with E-state index in [1.165, 1.54) is 70.9 Å². The molecule has 0 radical (unpaired) electrons. The zero-order valence-corrected chi connectivity index (χ0v) is 14.0. The van der Waals surface area contributed by atoms with Crippen LogP contribution >= 0.6 is 0 Å². The summed E-state index contributed by atoms with van der Waals surface area (Å²) in [6.45, 7) is 7.18. The van der Waals surface area contributed by atoms with Crippen molar-refractivity contribution in [2.75, 3.05) is 20.1 Å². The van der Waals surface area contributed by atoms with Crippen molar-refractivity contribution in [2.24, 2.45) is 11.8 Å². The van der Waals surface area contributed by atoms with Gasteiger partial charge in [0.1, 0.15) is 0 Å². The summed E-state index contributed by atoms with van der Waals surface area (Å²) in [6.07, 6.45) is 12.7. The molecule has 0 bridgehead atoms. The lowest BCUT2D eigenvalue weighted by molar-refractivity contribution is 0.129. The van der Waals surface area contributed by atoms with Gasteiger partial charge in [-0.1, -0.05) is 33.1 Å². The summed E-state index contributed by atoms with van der Waals surface area (Å²) in [5.41, 5.74) is 0. The van der Waals surface area contributed by atoms with Crippen LogP contribution in [0.1, 0.15) is 71.6 Å². The van der Waals surface area contributed by atoms with Crippen molar-refractivity contribution in [2.45, 2.75) is 83.7 Å². The van der Waals surface area contributed by atoms with Crippen molar-refractivity contribution in [3.63, 3.8) is 0 Å². The van der Waals surface area contributed by atoms with Gasteiger partial charge in [0, 0.05) is 18.6 Å². The molecule has 0 spiro atoms. The first-order chi connectivity index (χ1) is 9.74. The van der Waals surface area contributed by atoms with E-state index in [-0.39, 0.29) is 0 Å². The molecule has 0 saturated heterocycles. The fourth-order valence-corrected chi connectivity index (χ4v) is 4.40. The highest BCUT2D eigenvalue weighted by atomic mass is 15.1. The van der Waals surface area contributed by atoms with Crippen molar-refractivity contribution in [3.8, 4) is 0 Å². The maximum Gasteiger partial charge on any atom is 0.0108 e. The van der Waals surface area contributed by atoms with E-state index < -0.39 is 0 Å². The van der Waals surface area contributed by atoms with Crippen LogP contribution in [0.5, 0.6) is 0 Å². The van der Waals surface area contributed by atoms with Gasteiger partial charge >= 0.3 is 0 Å². The lowest BCUT2D eigenvalue weighted by Crippen LogP contribution is -2.47. The molecule has 3 unspecified atom stereocenters. The molecule has 0 aromatic rings. The van der Waals surface area contributed by atoms with Gasteiger partial charge in [0.2, 0.25) is 0 Å². The molecule has 2 saturated carbocycles. The second kappa shape index (κ2) is 8.38. The topological polar surface area (TPSA) is 15.3 Å². The molecule has 2 aliphatic rings. The molecular weight excluding hydrogens is 244 g/mol. The van der Waals surface area contributed by atoms with Crippen molar-refractivity contribution in [3.05, 3.63) is 0 Å². The predicted molar refractivity (Wildman–Crippen MR) is 88.1 cm³/mol.